The fourth-order valence-electron chi connectivity index (χ4n) is 1.20. The number of thioether (sulfide) groups is 2. The molecule has 0 spiro atoms. The molecule has 0 saturated carbocycles. The van der Waals surface area contributed by atoms with Crippen molar-refractivity contribution in [2.45, 2.75) is 17.0 Å². The van der Waals surface area contributed by atoms with Crippen LogP contribution in [-0.2, 0) is 0 Å². The number of benzene rings is 1. The number of nitrogens with one attached hydrogen (secondary N) is 1. The summed E-state index contributed by atoms with van der Waals surface area (Å²) in [5, 5.41) is 7.76. The lowest BCUT2D eigenvalue weighted by Crippen LogP contribution is -1.85. The molecule has 0 amide bonds. The minimum absolute atomic E-state index is 0.839. The van der Waals surface area contributed by atoms with Crippen molar-refractivity contribution >= 4 is 23.5 Å². The van der Waals surface area contributed by atoms with Crippen LogP contribution in [-0.4, -0.2) is 26.7 Å². The molecule has 0 aliphatic heterocycles. The van der Waals surface area contributed by atoms with Crippen molar-refractivity contribution in [1.82, 2.24) is 15.2 Å². The van der Waals surface area contributed by atoms with Crippen molar-refractivity contribution in [1.29, 1.82) is 0 Å². The SMILES string of the molecule is Cc1nc(SCCSc2ccccc2)n[nH]1. The van der Waals surface area contributed by atoms with Crippen LogP contribution in [0, 0.1) is 6.92 Å². The van der Waals surface area contributed by atoms with Crippen LogP contribution in [0.2, 0.25) is 0 Å². The van der Waals surface area contributed by atoms with Crippen LogP contribution in [0.25, 0.3) is 0 Å². The Balaban J connectivity index is 1.69. The normalized spacial score (nSPS) is 10.6. The quantitative estimate of drug-likeness (QED) is 0.655. The second kappa shape index (κ2) is 5.96. The molecule has 3 nitrogen and oxygen atoms in total. The summed E-state index contributed by atoms with van der Waals surface area (Å²) in [6, 6.07) is 10.4. The number of aromatic nitrogens is 3. The van der Waals surface area contributed by atoms with Gasteiger partial charge in [0.05, 0.1) is 0 Å². The zero-order chi connectivity index (χ0) is 11.2. The van der Waals surface area contributed by atoms with Gasteiger partial charge >= 0.3 is 0 Å². The molecule has 2 aromatic rings. The monoisotopic (exact) mass is 251 g/mol. The molecule has 1 aromatic heterocycles. The molecule has 0 unspecified atom stereocenters. The molecule has 0 radical (unpaired) electrons. The predicted octanol–water partition coefficient (Wildman–Crippen LogP) is 3.00. The summed E-state index contributed by atoms with van der Waals surface area (Å²) in [6.07, 6.45) is 0. The lowest BCUT2D eigenvalue weighted by atomic mass is 10.4. The van der Waals surface area contributed by atoms with Gasteiger partial charge in [-0.1, -0.05) is 30.0 Å². The van der Waals surface area contributed by atoms with E-state index in [0.29, 0.717) is 0 Å². The predicted molar refractivity (Wildman–Crippen MR) is 69.0 cm³/mol. The maximum Gasteiger partial charge on any atom is 0.208 e. The van der Waals surface area contributed by atoms with Crippen LogP contribution in [0.3, 0.4) is 0 Å². The van der Waals surface area contributed by atoms with Gasteiger partial charge in [0, 0.05) is 16.4 Å². The Labute approximate surface area is 103 Å². The van der Waals surface area contributed by atoms with Crippen molar-refractivity contribution in [2.75, 3.05) is 11.5 Å². The molecule has 1 aromatic carbocycles. The number of hydrogen-bond donors (Lipinski definition) is 1. The third-order valence-electron chi connectivity index (χ3n) is 1.90. The summed E-state index contributed by atoms with van der Waals surface area (Å²) in [4.78, 5) is 5.56. The average Bonchev–Trinajstić information content (AvgIpc) is 2.72. The van der Waals surface area contributed by atoms with E-state index in [-0.39, 0.29) is 0 Å². The fourth-order valence-corrected chi connectivity index (χ4v) is 2.94. The first-order chi connectivity index (χ1) is 7.84. The van der Waals surface area contributed by atoms with Gasteiger partial charge in [-0.25, -0.2) is 4.98 Å². The third kappa shape index (κ3) is 3.57. The van der Waals surface area contributed by atoms with Crippen LogP contribution >= 0.6 is 23.5 Å². The van der Waals surface area contributed by atoms with E-state index in [2.05, 4.69) is 39.4 Å². The molecule has 0 fully saturated rings. The van der Waals surface area contributed by atoms with E-state index >= 15 is 0 Å². The lowest BCUT2D eigenvalue weighted by Gasteiger charge is -1.99. The lowest BCUT2D eigenvalue weighted by molar-refractivity contribution is 0.970. The Morgan fingerprint density at radius 3 is 2.56 bits per heavy atom. The number of nitrogens with zero attached hydrogens (tertiary/aromatic N) is 2. The smallest absolute Gasteiger partial charge is 0.208 e. The van der Waals surface area contributed by atoms with Crippen LogP contribution in [0.15, 0.2) is 40.4 Å². The van der Waals surface area contributed by atoms with Crippen LogP contribution in [0.4, 0.5) is 0 Å². The highest BCUT2D eigenvalue weighted by atomic mass is 32.2. The van der Waals surface area contributed by atoms with Crippen molar-refractivity contribution < 1.29 is 0 Å². The maximum atomic E-state index is 4.24. The van der Waals surface area contributed by atoms with Gasteiger partial charge in [0.1, 0.15) is 5.82 Å². The molecule has 0 aliphatic rings. The first kappa shape index (κ1) is 11.5. The van der Waals surface area contributed by atoms with E-state index < -0.39 is 0 Å². The molecule has 0 aliphatic carbocycles. The highest BCUT2D eigenvalue weighted by Crippen LogP contribution is 2.20. The molecule has 84 valence electrons. The van der Waals surface area contributed by atoms with Gasteiger partial charge in [0.15, 0.2) is 0 Å². The Hall–Kier alpha value is -0.940. The molecule has 0 bridgehead atoms. The highest BCUT2D eigenvalue weighted by molar-refractivity contribution is 8.02. The summed E-state index contributed by atoms with van der Waals surface area (Å²) < 4.78 is 0. The molecule has 2 rings (SSSR count). The van der Waals surface area contributed by atoms with Crippen molar-refractivity contribution in [3.05, 3.63) is 36.2 Å². The number of aryl methyl sites for hydroxylation is 1. The van der Waals surface area contributed by atoms with Gasteiger partial charge in [-0.05, 0) is 19.1 Å². The molecule has 1 N–H and O–H groups in total. The van der Waals surface area contributed by atoms with Crippen molar-refractivity contribution in [2.24, 2.45) is 0 Å². The van der Waals surface area contributed by atoms with E-state index in [1.54, 1.807) is 11.8 Å². The molecule has 0 atom stereocenters. The van der Waals surface area contributed by atoms with Gasteiger partial charge in [0.2, 0.25) is 5.16 Å². The molecule has 16 heavy (non-hydrogen) atoms. The minimum Gasteiger partial charge on any atom is -0.262 e. The Kier molecular flexibility index (Phi) is 4.30. The second-order valence-corrected chi connectivity index (χ2v) is 5.44. The Bertz CT molecular complexity index is 428. The topological polar surface area (TPSA) is 41.6 Å². The largest absolute Gasteiger partial charge is 0.262 e. The summed E-state index contributed by atoms with van der Waals surface area (Å²) in [5.41, 5.74) is 0. The summed E-state index contributed by atoms with van der Waals surface area (Å²) in [7, 11) is 0. The van der Waals surface area contributed by atoms with E-state index in [1.165, 1.54) is 4.90 Å². The molecular formula is C11H13N3S2. The summed E-state index contributed by atoms with van der Waals surface area (Å²) >= 11 is 3.55. The van der Waals surface area contributed by atoms with Crippen molar-refractivity contribution in [3.8, 4) is 0 Å². The van der Waals surface area contributed by atoms with E-state index in [0.717, 1.165) is 22.5 Å². The van der Waals surface area contributed by atoms with E-state index in [4.69, 9.17) is 0 Å². The first-order valence-electron chi connectivity index (χ1n) is 5.04. The van der Waals surface area contributed by atoms with Crippen LogP contribution in [0.1, 0.15) is 5.82 Å². The number of rotatable bonds is 5. The molecular weight excluding hydrogens is 238 g/mol. The average molecular weight is 251 g/mol. The number of hydrogen-bond acceptors (Lipinski definition) is 4. The molecule has 5 heteroatoms. The Morgan fingerprint density at radius 2 is 1.88 bits per heavy atom. The van der Waals surface area contributed by atoms with Crippen LogP contribution < -0.4 is 0 Å². The van der Waals surface area contributed by atoms with E-state index in [9.17, 15) is 0 Å². The van der Waals surface area contributed by atoms with Gasteiger partial charge in [0.25, 0.3) is 0 Å². The second-order valence-electron chi connectivity index (χ2n) is 3.21. The van der Waals surface area contributed by atoms with E-state index in [1.807, 2.05) is 24.8 Å². The van der Waals surface area contributed by atoms with Gasteiger partial charge < -0.3 is 0 Å². The van der Waals surface area contributed by atoms with Crippen molar-refractivity contribution in [3.63, 3.8) is 0 Å². The Morgan fingerprint density at radius 1 is 1.12 bits per heavy atom. The number of aromatic amines is 1. The summed E-state index contributed by atoms with van der Waals surface area (Å²) in [5.74, 6) is 2.97. The summed E-state index contributed by atoms with van der Waals surface area (Å²) in [6.45, 7) is 1.91. The third-order valence-corrected chi connectivity index (χ3v) is 4.02. The zero-order valence-electron chi connectivity index (χ0n) is 9.01. The molecule has 1 heterocycles. The molecule has 0 saturated heterocycles. The minimum atomic E-state index is 0.839. The fraction of sp³-hybridized carbons (Fsp3) is 0.273. The van der Waals surface area contributed by atoms with Gasteiger partial charge in [-0.2, -0.15) is 0 Å². The van der Waals surface area contributed by atoms with Gasteiger partial charge in [-0.3, -0.25) is 5.10 Å². The highest BCUT2D eigenvalue weighted by Gasteiger charge is 2.00. The van der Waals surface area contributed by atoms with Crippen LogP contribution in [0.5, 0.6) is 0 Å². The zero-order valence-corrected chi connectivity index (χ0v) is 10.6. The number of H-pyrrole nitrogens is 1. The maximum absolute atomic E-state index is 4.24. The van der Waals surface area contributed by atoms with Gasteiger partial charge in [-0.15, -0.1) is 16.9 Å². The standard InChI is InChI=1S/C11H13N3S2/c1-9-12-11(14-13-9)16-8-7-15-10-5-3-2-4-6-10/h2-6H,7-8H2,1H3,(H,12,13,14). The first-order valence-corrected chi connectivity index (χ1v) is 7.01.